The molecule has 0 aromatic carbocycles. The summed E-state index contributed by atoms with van der Waals surface area (Å²) in [6.07, 6.45) is 4.46. The molecule has 1 saturated heterocycles. The highest BCUT2D eigenvalue weighted by Gasteiger charge is 2.24. The second kappa shape index (κ2) is 5.26. The van der Waals surface area contributed by atoms with Crippen LogP contribution in [0.2, 0.25) is 0 Å². The molecule has 1 aromatic heterocycles. The van der Waals surface area contributed by atoms with E-state index in [9.17, 15) is 0 Å². The van der Waals surface area contributed by atoms with Gasteiger partial charge in [0.25, 0.3) is 0 Å². The number of hydrogen-bond acceptors (Lipinski definition) is 2. The van der Waals surface area contributed by atoms with Crippen molar-refractivity contribution in [1.82, 2.24) is 4.98 Å². The first-order chi connectivity index (χ1) is 8.11. The first-order valence-electron chi connectivity index (χ1n) is 6.40. The first kappa shape index (κ1) is 12.7. The van der Waals surface area contributed by atoms with Gasteiger partial charge in [-0.3, -0.25) is 4.98 Å². The normalized spacial score (nSPS) is 25.1. The van der Waals surface area contributed by atoms with Crippen molar-refractivity contribution in [2.24, 2.45) is 5.92 Å². The predicted molar refractivity (Wildman–Crippen MR) is 73.7 cm³/mol. The van der Waals surface area contributed by atoms with Gasteiger partial charge in [-0.15, -0.1) is 11.6 Å². The van der Waals surface area contributed by atoms with Crippen molar-refractivity contribution in [2.45, 2.75) is 45.5 Å². The lowest BCUT2D eigenvalue weighted by molar-refractivity contribution is 0.377. The molecule has 2 heterocycles. The molecule has 94 valence electrons. The van der Waals surface area contributed by atoms with Gasteiger partial charge in [0, 0.05) is 35.7 Å². The zero-order valence-electron chi connectivity index (χ0n) is 10.9. The summed E-state index contributed by atoms with van der Waals surface area (Å²) in [6, 6.07) is 2.77. The van der Waals surface area contributed by atoms with Gasteiger partial charge in [0.1, 0.15) is 0 Å². The number of piperidine rings is 1. The summed E-state index contributed by atoms with van der Waals surface area (Å²) < 4.78 is 0. The maximum atomic E-state index is 6.01. The van der Waals surface area contributed by atoms with E-state index in [1.165, 1.54) is 18.5 Å². The molecule has 2 unspecified atom stereocenters. The summed E-state index contributed by atoms with van der Waals surface area (Å²) in [6.45, 7) is 7.83. The van der Waals surface area contributed by atoms with Crippen molar-refractivity contribution < 1.29 is 0 Å². The van der Waals surface area contributed by atoms with Crippen molar-refractivity contribution in [3.63, 3.8) is 0 Å². The molecule has 2 rings (SSSR count). The molecule has 1 aliphatic heterocycles. The van der Waals surface area contributed by atoms with Crippen molar-refractivity contribution in [2.75, 3.05) is 11.4 Å². The summed E-state index contributed by atoms with van der Waals surface area (Å²) >= 11 is 6.01. The van der Waals surface area contributed by atoms with Crippen molar-refractivity contribution in [1.29, 1.82) is 0 Å². The van der Waals surface area contributed by atoms with E-state index in [2.05, 4.69) is 29.8 Å². The number of aromatic nitrogens is 1. The number of alkyl halides is 1. The molecule has 0 aliphatic carbocycles. The largest absolute Gasteiger partial charge is 0.368 e. The van der Waals surface area contributed by atoms with E-state index in [-0.39, 0.29) is 0 Å². The van der Waals surface area contributed by atoms with Gasteiger partial charge < -0.3 is 4.90 Å². The lowest BCUT2D eigenvalue weighted by Crippen LogP contribution is -2.40. The van der Waals surface area contributed by atoms with Crippen LogP contribution in [0.1, 0.15) is 37.9 Å². The zero-order chi connectivity index (χ0) is 12.4. The van der Waals surface area contributed by atoms with Crippen LogP contribution in [0.3, 0.4) is 0 Å². The Bertz CT molecular complexity index is 392. The van der Waals surface area contributed by atoms with Gasteiger partial charge in [0.2, 0.25) is 0 Å². The number of halogens is 1. The van der Waals surface area contributed by atoms with Gasteiger partial charge in [-0.1, -0.05) is 6.92 Å². The fourth-order valence-corrected chi connectivity index (χ4v) is 2.92. The highest BCUT2D eigenvalue weighted by molar-refractivity contribution is 6.17. The molecule has 2 atom stereocenters. The minimum atomic E-state index is 0.543. The van der Waals surface area contributed by atoms with E-state index in [4.69, 9.17) is 11.6 Å². The van der Waals surface area contributed by atoms with Crippen molar-refractivity contribution in [3.05, 3.63) is 23.5 Å². The molecular weight excluding hydrogens is 232 g/mol. The SMILES string of the molecule is Cc1cc(N2CCC(C)CC2C)c(CCl)cn1. The van der Waals surface area contributed by atoms with Gasteiger partial charge in [0.15, 0.2) is 0 Å². The summed E-state index contributed by atoms with van der Waals surface area (Å²) in [5.74, 6) is 1.38. The second-order valence-electron chi connectivity index (χ2n) is 5.26. The maximum Gasteiger partial charge on any atom is 0.0509 e. The van der Waals surface area contributed by atoms with Crippen LogP contribution in [0.5, 0.6) is 0 Å². The first-order valence-corrected chi connectivity index (χ1v) is 6.93. The standard InChI is InChI=1S/C14H21ClN2/c1-10-4-5-17(12(3)6-10)14-7-11(2)16-9-13(14)8-15/h7,9-10,12H,4-6,8H2,1-3H3. The lowest BCUT2D eigenvalue weighted by Gasteiger charge is -2.39. The molecule has 1 aliphatic rings. The minimum Gasteiger partial charge on any atom is -0.368 e. The molecule has 0 N–H and O–H groups in total. The molecule has 0 bridgehead atoms. The number of pyridine rings is 1. The van der Waals surface area contributed by atoms with Crippen LogP contribution >= 0.6 is 11.6 Å². The molecular formula is C14H21ClN2. The van der Waals surface area contributed by atoms with Crippen LogP contribution in [0, 0.1) is 12.8 Å². The second-order valence-corrected chi connectivity index (χ2v) is 5.53. The topological polar surface area (TPSA) is 16.1 Å². The van der Waals surface area contributed by atoms with Crippen LogP contribution in [0.4, 0.5) is 5.69 Å². The smallest absolute Gasteiger partial charge is 0.0509 e. The summed E-state index contributed by atoms with van der Waals surface area (Å²) in [7, 11) is 0. The Morgan fingerprint density at radius 2 is 2.24 bits per heavy atom. The van der Waals surface area contributed by atoms with E-state index >= 15 is 0 Å². The van der Waals surface area contributed by atoms with Crippen LogP contribution in [0.15, 0.2) is 12.3 Å². The lowest BCUT2D eigenvalue weighted by atomic mass is 9.92. The molecule has 2 nitrogen and oxygen atoms in total. The average molecular weight is 253 g/mol. The maximum absolute atomic E-state index is 6.01. The Morgan fingerprint density at radius 3 is 2.88 bits per heavy atom. The van der Waals surface area contributed by atoms with Crippen LogP contribution < -0.4 is 4.90 Å². The molecule has 0 spiro atoms. The van der Waals surface area contributed by atoms with E-state index in [1.54, 1.807) is 0 Å². The molecule has 3 heteroatoms. The van der Waals surface area contributed by atoms with Crippen molar-refractivity contribution in [3.8, 4) is 0 Å². The van der Waals surface area contributed by atoms with E-state index < -0.39 is 0 Å². The van der Waals surface area contributed by atoms with Crippen LogP contribution in [0.25, 0.3) is 0 Å². The minimum absolute atomic E-state index is 0.543. The Morgan fingerprint density at radius 1 is 1.47 bits per heavy atom. The number of aryl methyl sites for hydroxylation is 1. The molecule has 0 saturated carbocycles. The van der Waals surface area contributed by atoms with Gasteiger partial charge in [-0.25, -0.2) is 0 Å². The summed E-state index contributed by atoms with van der Waals surface area (Å²) in [5, 5.41) is 0. The monoisotopic (exact) mass is 252 g/mol. The third-order valence-electron chi connectivity index (χ3n) is 3.69. The molecule has 17 heavy (non-hydrogen) atoms. The third-order valence-corrected chi connectivity index (χ3v) is 3.98. The van der Waals surface area contributed by atoms with Gasteiger partial charge in [-0.2, -0.15) is 0 Å². The Kier molecular flexibility index (Phi) is 3.93. The Labute approximate surface area is 109 Å². The van der Waals surface area contributed by atoms with Gasteiger partial charge >= 0.3 is 0 Å². The van der Waals surface area contributed by atoms with Gasteiger partial charge in [0.05, 0.1) is 5.88 Å². The van der Waals surface area contributed by atoms with Crippen LogP contribution in [-0.4, -0.2) is 17.6 Å². The fourth-order valence-electron chi connectivity index (χ4n) is 2.71. The Balaban J connectivity index is 2.29. The number of rotatable bonds is 2. The van der Waals surface area contributed by atoms with Crippen molar-refractivity contribution >= 4 is 17.3 Å². The average Bonchev–Trinajstić information content (AvgIpc) is 2.29. The van der Waals surface area contributed by atoms with Crippen LogP contribution in [-0.2, 0) is 5.88 Å². The molecule has 0 amide bonds. The Hall–Kier alpha value is -0.760. The number of hydrogen-bond donors (Lipinski definition) is 0. The molecule has 1 aromatic rings. The van der Waals surface area contributed by atoms with Gasteiger partial charge in [-0.05, 0) is 38.7 Å². The van der Waals surface area contributed by atoms with E-state index in [0.717, 1.165) is 23.7 Å². The summed E-state index contributed by atoms with van der Waals surface area (Å²) in [5.41, 5.74) is 3.50. The fraction of sp³-hybridized carbons (Fsp3) is 0.643. The summed E-state index contributed by atoms with van der Waals surface area (Å²) in [4.78, 5) is 6.83. The van der Waals surface area contributed by atoms with E-state index in [0.29, 0.717) is 11.9 Å². The number of anilines is 1. The molecule has 0 radical (unpaired) electrons. The highest BCUT2D eigenvalue weighted by Crippen LogP contribution is 2.31. The van der Waals surface area contributed by atoms with E-state index in [1.807, 2.05) is 13.1 Å². The highest BCUT2D eigenvalue weighted by atomic mass is 35.5. The predicted octanol–water partition coefficient (Wildman–Crippen LogP) is 3.75. The third kappa shape index (κ3) is 2.74. The molecule has 1 fully saturated rings. The number of nitrogens with zero attached hydrogens (tertiary/aromatic N) is 2. The quantitative estimate of drug-likeness (QED) is 0.746. The zero-order valence-corrected chi connectivity index (χ0v) is 11.7.